The van der Waals surface area contributed by atoms with E-state index in [1.165, 1.54) is 35.0 Å². The van der Waals surface area contributed by atoms with Crippen LogP contribution in [0.3, 0.4) is 0 Å². The SMILES string of the molecule is CCn1c(SCC(=O)OCc2nc(N)c3c4c(sc3n2)CCCC4)nnc1-c1cccs1. The van der Waals surface area contributed by atoms with Crippen LogP contribution in [-0.2, 0) is 35.5 Å². The van der Waals surface area contributed by atoms with E-state index in [1.807, 2.05) is 29.0 Å². The fraction of sp³-hybridized carbons (Fsp3) is 0.381. The smallest absolute Gasteiger partial charge is 0.316 e. The van der Waals surface area contributed by atoms with E-state index >= 15 is 0 Å². The summed E-state index contributed by atoms with van der Waals surface area (Å²) in [6.07, 6.45) is 4.49. The van der Waals surface area contributed by atoms with Crippen molar-refractivity contribution in [1.29, 1.82) is 0 Å². The monoisotopic (exact) mass is 486 g/mol. The van der Waals surface area contributed by atoms with E-state index in [0.717, 1.165) is 40.3 Å². The van der Waals surface area contributed by atoms with Crippen molar-refractivity contribution in [3.8, 4) is 10.7 Å². The maximum absolute atomic E-state index is 12.3. The van der Waals surface area contributed by atoms with Gasteiger partial charge in [-0.2, -0.15) is 0 Å². The van der Waals surface area contributed by atoms with E-state index in [1.54, 1.807) is 22.7 Å². The van der Waals surface area contributed by atoms with Crippen molar-refractivity contribution in [3.63, 3.8) is 0 Å². The minimum Gasteiger partial charge on any atom is -0.457 e. The summed E-state index contributed by atoms with van der Waals surface area (Å²) in [4.78, 5) is 24.7. The third-order valence-electron chi connectivity index (χ3n) is 5.34. The summed E-state index contributed by atoms with van der Waals surface area (Å²) in [7, 11) is 0. The largest absolute Gasteiger partial charge is 0.457 e. The molecule has 0 bridgehead atoms. The van der Waals surface area contributed by atoms with E-state index in [4.69, 9.17) is 10.5 Å². The summed E-state index contributed by atoms with van der Waals surface area (Å²) in [6, 6.07) is 3.99. The molecular weight excluding hydrogens is 464 g/mol. The van der Waals surface area contributed by atoms with Gasteiger partial charge < -0.3 is 15.0 Å². The molecule has 32 heavy (non-hydrogen) atoms. The number of thiophene rings is 2. The highest BCUT2D eigenvalue weighted by atomic mass is 32.2. The first kappa shape index (κ1) is 21.4. The Kier molecular flexibility index (Phi) is 6.11. The van der Waals surface area contributed by atoms with Crippen LogP contribution in [0.5, 0.6) is 0 Å². The highest BCUT2D eigenvalue weighted by molar-refractivity contribution is 7.99. The first-order valence-electron chi connectivity index (χ1n) is 10.5. The number of thioether (sulfide) groups is 1. The molecule has 4 aromatic heterocycles. The number of nitrogen functional groups attached to an aromatic ring is 1. The minimum absolute atomic E-state index is 0.00299. The number of ether oxygens (including phenoxy) is 1. The molecule has 1 aliphatic carbocycles. The number of nitrogens with zero attached hydrogens (tertiary/aromatic N) is 5. The van der Waals surface area contributed by atoms with Gasteiger partial charge in [0.15, 0.2) is 23.4 Å². The van der Waals surface area contributed by atoms with Gasteiger partial charge in [-0.25, -0.2) is 9.97 Å². The third kappa shape index (κ3) is 4.12. The number of carbonyl (C=O) groups is 1. The van der Waals surface area contributed by atoms with Crippen molar-refractivity contribution in [2.45, 2.75) is 50.9 Å². The number of hydrogen-bond donors (Lipinski definition) is 1. The fourth-order valence-corrected chi connectivity index (χ4v) is 6.68. The average Bonchev–Trinajstić information content (AvgIpc) is 3.53. The van der Waals surface area contributed by atoms with Crippen molar-refractivity contribution in [1.82, 2.24) is 24.7 Å². The lowest BCUT2D eigenvalue weighted by molar-refractivity contribution is -0.141. The summed E-state index contributed by atoms with van der Waals surface area (Å²) in [5.41, 5.74) is 7.54. The molecule has 0 aromatic carbocycles. The van der Waals surface area contributed by atoms with Gasteiger partial charge in [0, 0.05) is 11.4 Å². The predicted octanol–water partition coefficient (Wildman–Crippen LogP) is 4.33. The average molecular weight is 487 g/mol. The van der Waals surface area contributed by atoms with Gasteiger partial charge in [0.05, 0.1) is 16.0 Å². The highest BCUT2D eigenvalue weighted by Gasteiger charge is 2.21. The molecule has 1 aliphatic rings. The molecule has 0 saturated carbocycles. The molecular formula is C21H22N6O2S3. The zero-order valence-electron chi connectivity index (χ0n) is 17.5. The first-order valence-corrected chi connectivity index (χ1v) is 13.1. The lowest BCUT2D eigenvalue weighted by Crippen LogP contribution is -2.11. The van der Waals surface area contributed by atoms with Gasteiger partial charge in [-0.3, -0.25) is 4.79 Å². The highest BCUT2D eigenvalue weighted by Crippen LogP contribution is 2.37. The lowest BCUT2D eigenvalue weighted by Gasteiger charge is -2.10. The van der Waals surface area contributed by atoms with E-state index in [-0.39, 0.29) is 18.3 Å². The topological polar surface area (TPSA) is 109 Å². The van der Waals surface area contributed by atoms with Crippen molar-refractivity contribution >= 4 is 56.4 Å². The van der Waals surface area contributed by atoms with Crippen molar-refractivity contribution in [2.24, 2.45) is 0 Å². The van der Waals surface area contributed by atoms with Crippen LogP contribution in [-0.4, -0.2) is 36.5 Å². The van der Waals surface area contributed by atoms with Crippen molar-refractivity contribution < 1.29 is 9.53 Å². The molecule has 4 heterocycles. The molecule has 0 aliphatic heterocycles. The van der Waals surface area contributed by atoms with Gasteiger partial charge in [-0.15, -0.1) is 32.9 Å². The Labute approximate surface area is 197 Å². The van der Waals surface area contributed by atoms with Gasteiger partial charge in [-0.1, -0.05) is 17.8 Å². The van der Waals surface area contributed by atoms with Crippen molar-refractivity contribution in [3.05, 3.63) is 33.8 Å². The maximum atomic E-state index is 12.3. The molecule has 0 fully saturated rings. The Morgan fingerprint density at radius 1 is 1.28 bits per heavy atom. The van der Waals surface area contributed by atoms with Gasteiger partial charge >= 0.3 is 5.97 Å². The Hall–Kier alpha value is -2.50. The van der Waals surface area contributed by atoms with Gasteiger partial charge in [0.2, 0.25) is 0 Å². The van der Waals surface area contributed by atoms with Crippen LogP contribution in [0.25, 0.3) is 20.9 Å². The van der Waals surface area contributed by atoms with Crippen molar-refractivity contribution in [2.75, 3.05) is 11.5 Å². The van der Waals surface area contributed by atoms with Crippen LogP contribution in [0.2, 0.25) is 0 Å². The number of hydrogen-bond acceptors (Lipinski definition) is 10. The second-order valence-corrected chi connectivity index (χ2v) is 10.4. The normalized spacial score (nSPS) is 13.4. The standard InChI is InChI=1S/C21H22N6O2S3/c1-2-27-19(14-8-5-9-30-14)25-26-21(27)31-11-16(28)29-10-15-23-18(22)17-12-6-3-4-7-13(12)32-20(17)24-15/h5,8-9H,2-4,6-7,10-11H2,1H3,(H2,22,23,24). The molecule has 0 atom stereocenters. The van der Waals surface area contributed by atoms with Crippen LogP contribution in [0.1, 0.15) is 36.0 Å². The Bertz CT molecular complexity index is 1260. The van der Waals surface area contributed by atoms with Crippen LogP contribution in [0.4, 0.5) is 5.82 Å². The zero-order valence-corrected chi connectivity index (χ0v) is 20.0. The molecule has 4 aromatic rings. The molecule has 0 amide bonds. The number of aromatic nitrogens is 5. The number of anilines is 1. The lowest BCUT2D eigenvalue weighted by atomic mass is 9.97. The quantitative estimate of drug-likeness (QED) is 0.304. The molecule has 0 radical (unpaired) electrons. The molecule has 0 spiro atoms. The van der Waals surface area contributed by atoms with Gasteiger partial charge in [-0.05, 0) is 49.6 Å². The number of nitrogens with two attached hydrogens (primary N) is 1. The molecule has 0 saturated heterocycles. The van der Waals surface area contributed by atoms with Gasteiger partial charge in [0.25, 0.3) is 0 Å². The first-order chi connectivity index (χ1) is 15.6. The summed E-state index contributed by atoms with van der Waals surface area (Å²) >= 11 is 4.61. The Balaban J connectivity index is 1.23. The zero-order chi connectivity index (χ0) is 22.1. The Morgan fingerprint density at radius 3 is 2.97 bits per heavy atom. The number of carbonyl (C=O) groups excluding carboxylic acids is 1. The van der Waals surface area contributed by atoms with E-state index in [2.05, 4.69) is 20.2 Å². The van der Waals surface area contributed by atoms with Gasteiger partial charge in [0.1, 0.15) is 10.6 Å². The van der Waals surface area contributed by atoms with Crippen LogP contribution in [0, 0.1) is 0 Å². The summed E-state index contributed by atoms with van der Waals surface area (Å²) in [5.74, 6) is 1.50. The summed E-state index contributed by atoms with van der Waals surface area (Å²) in [5, 5.41) is 12.2. The van der Waals surface area contributed by atoms with E-state index in [9.17, 15) is 4.79 Å². The minimum atomic E-state index is -0.355. The summed E-state index contributed by atoms with van der Waals surface area (Å²) < 4.78 is 7.42. The molecule has 5 rings (SSSR count). The van der Waals surface area contributed by atoms with E-state index < -0.39 is 0 Å². The number of rotatable bonds is 7. The fourth-order valence-electron chi connectivity index (χ4n) is 3.87. The molecule has 8 nitrogen and oxygen atoms in total. The molecule has 11 heteroatoms. The predicted molar refractivity (Wildman–Crippen MR) is 128 cm³/mol. The maximum Gasteiger partial charge on any atom is 0.316 e. The molecule has 2 N–H and O–H groups in total. The van der Waals surface area contributed by atoms with E-state index in [0.29, 0.717) is 16.8 Å². The van der Waals surface area contributed by atoms with Crippen LogP contribution in [0.15, 0.2) is 22.7 Å². The number of fused-ring (bicyclic) bond motifs is 3. The number of aryl methyl sites for hydroxylation is 2. The second-order valence-electron chi connectivity index (χ2n) is 7.39. The van der Waals surface area contributed by atoms with Crippen LogP contribution < -0.4 is 5.73 Å². The molecule has 0 unspecified atom stereocenters. The Morgan fingerprint density at radius 2 is 2.16 bits per heavy atom. The summed E-state index contributed by atoms with van der Waals surface area (Å²) in [6.45, 7) is 2.75. The number of esters is 1. The third-order valence-corrected chi connectivity index (χ3v) is 8.34. The molecule has 166 valence electrons. The second kappa shape index (κ2) is 9.16. The van der Waals surface area contributed by atoms with Crippen LogP contribution >= 0.6 is 34.4 Å².